The zero-order valence-corrected chi connectivity index (χ0v) is 25.5. The largest absolute Gasteiger partial charge is 0.302 e. The average molecular weight is 605 g/mol. The van der Waals surface area contributed by atoms with Crippen molar-refractivity contribution < 1.29 is 14.6 Å². The van der Waals surface area contributed by atoms with Crippen molar-refractivity contribution in [3.8, 4) is 0 Å². The van der Waals surface area contributed by atoms with Gasteiger partial charge in [0, 0.05) is 49.4 Å². The molecule has 0 amide bonds. The molecule has 11 heteroatoms. The summed E-state index contributed by atoms with van der Waals surface area (Å²) in [5, 5.41) is 23.0. The maximum atomic E-state index is 15.2. The number of carbonyl (C=O) groups excluding carboxylic acids is 1. The van der Waals surface area contributed by atoms with Gasteiger partial charge in [0.1, 0.15) is 0 Å². The van der Waals surface area contributed by atoms with Crippen LogP contribution >= 0.6 is 0 Å². The number of Topliss-reactive ketones (excluding diaryl/α,β-unsaturated/α-hetero) is 1. The molecule has 0 aromatic heterocycles. The van der Waals surface area contributed by atoms with E-state index in [0.717, 1.165) is 89.2 Å². The van der Waals surface area contributed by atoms with Gasteiger partial charge in [-0.05, 0) is 102 Å². The number of hydrogen-bond acceptors (Lipinski definition) is 9. The molecular formula is C33H44N6O5. The van der Waals surface area contributed by atoms with Crippen LogP contribution < -0.4 is 0 Å². The van der Waals surface area contributed by atoms with E-state index in [1.807, 2.05) is 0 Å². The number of ketones is 1. The van der Waals surface area contributed by atoms with Crippen molar-refractivity contribution in [2.24, 2.45) is 0 Å². The van der Waals surface area contributed by atoms with Crippen LogP contribution in [0.2, 0.25) is 0 Å². The van der Waals surface area contributed by atoms with Crippen molar-refractivity contribution in [3.05, 3.63) is 79.9 Å². The normalized spacial score (nSPS) is 25.0. The molecule has 0 unspecified atom stereocenters. The summed E-state index contributed by atoms with van der Waals surface area (Å²) in [4.78, 5) is 47.1. The van der Waals surface area contributed by atoms with Crippen LogP contribution in [0, 0.1) is 20.2 Å². The van der Waals surface area contributed by atoms with Gasteiger partial charge in [0.25, 0.3) is 11.4 Å². The van der Waals surface area contributed by atoms with Crippen LogP contribution in [0.5, 0.6) is 0 Å². The van der Waals surface area contributed by atoms with Crippen LogP contribution in [0.15, 0.2) is 48.5 Å². The van der Waals surface area contributed by atoms with E-state index < -0.39 is 21.9 Å². The Balaban J connectivity index is 1.38. The first kappa shape index (κ1) is 30.8. The number of hydrogen-bond donors (Lipinski definition) is 0. The van der Waals surface area contributed by atoms with Crippen LogP contribution in [0.1, 0.15) is 74.6 Å². The fraction of sp³-hybridized carbons (Fsp3) is 0.606. The summed E-state index contributed by atoms with van der Waals surface area (Å²) < 4.78 is 0. The maximum Gasteiger partial charge on any atom is 0.269 e. The molecule has 0 bridgehead atoms. The van der Waals surface area contributed by atoms with Crippen molar-refractivity contribution in [2.75, 3.05) is 52.4 Å². The third kappa shape index (κ3) is 6.71. The Kier molecular flexibility index (Phi) is 9.65. The molecule has 0 N–H and O–H groups in total. The van der Waals surface area contributed by atoms with Crippen molar-refractivity contribution in [1.82, 2.24) is 19.6 Å². The van der Waals surface area contributed by atoms with E-state index >= 15 is 4.79 Å². The van der Waals surface area contributed by atoms with Gasteiger partial charge in [-0.3, -0.25) is 34.8 Å². The lowest BCUT2D eigenvalue weighted by atomic mass is 9.90. The molecule has 4 heterocycles. The zero-order chi connectivity index (χ0) is 30.6. The lowest BCUT2D eigenvalue weighted by Crippen LogP contribution is -2.49. The molecule has 236 valence electrons. The molecule has 0 aliphatic carbocycles. The van der Waals surface area contributed by atoms with E-state index in [4.69, 9.17) is 0 Å². The molecule has 0 spiro atoms. The van der Waals surface area contributed by atoms with Crippen molar-refractivity contribution in [3.63, 3.8) is 0 Å². The Morgan fingerprint density at radius 1 is 0.614 bits per heavy atom. The molecule has 0 radical (unpaired) electrons. The molecule has 6 rings (SSSR count). The number of nitrogens with zero attached hydrogens (tertiary/aromatic N) is 6. The van der Waals surface area contributed by atoms with Crippen LogP contribution in [0.4, 0.5) is 11.4 Å². The molecular weight excluding hydrogens is 560 g/mol. The average Bonchev–Trinajstić information content (AvgIpc) is 3.86. The van der Waals surface area contributed by atoms with Gasteiger partial charge < -0.3 is 9.80 Å². The van der Waals surface area contributed by atoms with Gasteiger partial charge in [-0.15, -0.1) is 0 Å². The number of nitro benzene ring substituents is 2. The second kappa shape index (κ2) is 13.8. The zero-order valence-electron chi connectivity index (χ0n) is 25.5. The smallest absolute Gasteiger partial charge is 0.269 e. The highest BCUT2D eigenvalue weighted by Crippen LogP contribution is 2.40. The van der Waals surface area contributed by atoms with E-state index in [2.05, 4.69) is 19.6 Å². The van der Waals surface area contributed by atoms with E-state index in [1.54, 1.807) is 24.3 Å². The standard InChI is InChI=1S/C33H44N6O5/c40-33(31(25-9-13-27(14-10-25)38(41)42)36-21-5-7-29(36)23-34-17-1-2-18-34)32(26-11-15-28(16-12-26)39(43)44)37-22-6-8-30(37)24-35-19-3-4-20-35/h9-16,29-32H,1-8,17-24H2/t29-,30-,31-,32-/m0/s1. The Morgan fingerprint density at radius 3 is 1.32 bits per heavy atom. The number of nitro groups is 2. The summed E-state index contributed by atoms with van der Waals surface area (Å²) >= 11 is 0. The van der Waals surface area contributed by atoms with E-state index in [1.165, 1.54) is 49.9 Å². The Morgan fingerprint density at radius 2 is 0.977 bits per heavy atom. The Bertz CT molecular complexity index is 1210. The van der Waals surface area contributed by atoms with Crippen LogP contribution in [-0.2, 0) is 4.79 Å². The first-order valence-corrected chi connectivity index (χ1v) is 16.4. The molecule has 4 saturated heterocycles. The number of carbonyl (C=O) groups is 1. The molecule has 0 saturated carbocycles. The minimum Gasteiger partial charge on any atom is -0.302 e. The molecule has 4 atom stereocenters. The minimum atomic E-state index is -0.570. The Hall–Kier alpha value is -3.25. The molecule has 44 heavy (non-hydrogen) atoms. The van der Waals surface area contributed by atoms with Crippen LogP contribution in [-0.4, -0.2) is 99.7 Å². The van der Waals surface area contributed by atoms with Gasteiger partial charge in [0.05, 0.1) is 21.9 Å². The van der Waals surface area contributed by atoms with Gasteiger partial charge in [0.15, 0.2) is 5.78 Å². The summed E-state index contributed by atoms with van der Waals surface area (Å²) in [6.45, 7) is 7.73. The summed E-state index contributed by atoms with van der Waals surface area (Å²) in [6.07, 6.45) is 8.82. The first-order chi connectivity index (χ1) is 21.4. The minimum absolute atomic E-state index is 0.00660. The molecule has 4 aliphatic rings. The van der Waals surface area contributed by atoms with Crippen molar-refractivity contribution in [2.45, 2.75) is 75.5 Å². The van der Waals surface area contributed by atoms with Crippen molar-refractivity contribution >= 4 is 17.2 Å². The predicted molar refractivity (Wildman–Crippen MR) is 167 cm³/mol. The first-order valence-electron chi connectivity index (χ1n) is 16.4. The molecule has 11 nitrogen and oxygen atoms in total. The summed E-state index contributed by atoms with van der Waals surface area (Å²) in [5.41, 5.74) is 1.56. The van der Waals surface area contributed by atoms with E-state index in [0.29, 0.717) is 0 Å². The summed E-state index contributed by atoms with van der Waals surface area (Å²) in [6, 6.07) is 12.3. The van der Waals surface area contributed by atoms with Crippen LogP contribution in [0.25, 0.3) is 0 Å². The van der Waals surface area contributed by atoms with Gasteiger partial charge >= 0.3 is 0 Å². The third-order valence-corrected chi connectivity index (χ3v) is 10.2. The fourth-order valence-electron chi connectivity index (χ4n) is 8.06. The fourth-order valence-corrected chi connectivity index (χ4v) is 8.06. The second-order valence-electron chi connectivity index (χ2n) is 13.0. The topological polar surface area (TPSA) is 116 Å². The number of likely N-dealkylation sites (tertiary alicyclic amines) is 4. The SMILES string of the molecule is O=C([C@H](c1ccc([N+](=O)[O-])cc1)N1CCC[C@H]1CN1CCCC1)[C@H](c1ccc([N+](=O)[O-])cc1)N1CCC[C@H]1CN1CCCC1. The van der Waals surface area contributed by atoms with E-state index in [-0.39, 0.29) is 29.2 Å². The number of rotatable bonds is 12. The molecule has 2 aromatic rings. The highest BCUT2D eigenvalue weighted by atomic mass is 16.6. The summed E-state index contributed by atoms with van der Waals surface area (Å²) in [7, 11) is 0. The maximum absolute atomic E-state index is 15.2. The van der Waals surface area contributed by atoms with Gasteiger partial charge in [-0.2, -0.15) is 0 Å². The van der Waals surface area contributed by atoms with Gasteiger partial charge in [0.2, 0.25) is 0 Å². The van der Waals surface area contributed by atoms with E-state index in [9.17, 15) is 20.2 Å². The van der Waals surface area contributed by atoms with Crippen molar-refractivity contribution in [1.29, 1.82) is 0 Å². The predicted octanol–water partition coefficient (Wildman–Crippen LogP) is 4.97. The van der Waals surface area contributed by atoms with Crippen LogP contribution in [0.3, 0.4) is 0 Å². The number of non-ortho nitro benzene ring substituents is 2. The Labute approximate surface area is 259 Å². The number of benzene rings is 2. The monoisotopic (exact) mass is 604 g/mol. The highest BCUT2D eigenvalue weighted by molar-refractivity contribution is 5.91. The highest BCUT2D eigenvalue weighted by Gasteiger charge is 2.44. The third-order valence-electron chi connectivity index (χ3n) is 10.2. The van der Waals surface area contributed by atoms with Gasteiger partial charge in [-0.1, -0.05) is 24.3 Å². The lowest BCUT2D eigenvalue weighted by Gasteiger charge is -2.40. The lowest BCUT2D eigenvalue weighted by molar-refractivity contribution is -0.385. The quantitative estimate of drug-likeness (QED) is 0.244. The van der Waals surface area contributed by atoms with Gasteiger partial charge in [-0.25, -0.2) is 0 Å². The molecule has 2 aromatic carbocycles. The summed E-state index contributed by atoms with van der Waals surface area (Å²) in [5.74, 6) is 0.0503. The molecule has 4 aliphatic heterocycles. The molecule has 4 fully saturated rings. The second-order valence-corrected chi connectivity index (χ2v) is 13.0.